The Morgan fingerprint density at radius 2 is 1.42 bits per heavy atom. The molecule has 0 unspecified atom stereocenters. The minimum absolute atomic E-state index is 0.0963. The standard InChI is InChI=1S/C16H14O3/c17-16-12(10-14-6-2-8-18-14)4-1-5-13(16)11-15-7-3-9-19-15/h2-3,6-11H,1,4-5H2/b12-10+,13-11?. The van der Waals surface area contributed by atoms with Crippen LogP contribution in [0.15, 0.2) is 56.8 Å². The van der Waals surface area contributed by atoms with Gasteiger partial charge in [-0.15, -0.1) is 0 Å². The number of hydrogen-bond acceptors (Lipinski definition) is 3. The van der Waals surface area contributed by atoms with Crippen molar-refractivity contribution < 1.29 is 13.6 Å². The fourth-order valence-corrected chi connectivity index (χ4v) is 2.27. The summed E-state index contributed by atoms with van der Waals surface area (Å²) in [5, 5.41) is 0. The van der Waals surface area contributed by atoms with Crippen molar-refractivity contribution in [3.05, 3.63) is 59.5 Å². The highest BCUT2D eigenvalue weighted by molar-refractivity contribution is 6.13. The summed E-state index contributed by atoms with van der Waals surface area (Å²) in [6.45, 7) is 0. The maximum Gasteiger partial charge on any atom is 0.185 e. The molecule has 0 N–H and O–H groups in total. The van der Waals surface area contributed by atoms with Gasteiger partial charge >= 0.3 is 0 Å². The van der Waals surface area contributed by atoms with Crippen LogP contribution in [0.2, 0.25) is 0 Å². The third-order valence-corrected chi connectivity index (χ3v) is 3.19. The number of carbonyl (C=O) groups excluding carboxylic acids is 1. The van der Waals surface area contributed by atoms with Gasteiger partial charge in [-0.1, -0.05) is 0 Å². The molecule has 1 saturated carbocycles. The molecule has 0 atom stereocenters. The maximum atomic E-state index is 12.4. The van der Waals surface area contributed by atoms with E-state index in [0.717, 1.165) is 41.9 Å². The van der Waals surface area contributed by atoms with Crippen molar-refractivity contribution in [2.24, 2.45) is 0 Å². The lowest BCUT2D eigenvalue weighted by atomic mass is 9.88. The van der Waals surface area contributed by atoms with Gasteiger partial charge in [0.05, 0.1) is 12.5 Å². The van der Waals surface area contributed by atoms with E-state index in [1.807, 2.05) is 36.4 Å². The van der Waals surface area contributed by atoms with Crippen LogP contribution in [0.3, 0.4) is 0 Å². The highest BCUT2D eigenvalue weighted by Gasteiger charge is 2.21. The van der Waals surface area contributed by atoms with Crippen LogP contribution in [-0.4, -0.2) is 5.78 Å². The van der Waals surface area contributed by atoms with E-state index in [1.165, 1.54) is 0 Å². The first-order chi connectivity index (χ1) is 9.33. The Balaban J connectivity index is 1.87. The quantitative estimate of drug-likeness (QED) is 0.758. The van der Waals surface area contributed by atoms with Crippen LogP contribution in [0.1, 0.15) is 30.8 Å². The lowest BCUT2D eigenvalue weighted by Gasteiger charge is -2.15. The van der Waals surface area contributed by atoms with Crippen LogP contribution in [0.4, 0.5) is 0 Å². The second-order valence-corrected chi connectivity index (χ2v) is 4.55. The zero-order chi connectivity index (χ0) is 13.1. The molecule has 3 heteroatoms. The van der Waals surface area contributed by atoms with Crippen LogP contribution in [0.25, 0.3) is 12.2 Å². The molecule has 0 aromatic carbocycles. The molecule has 2 heterocycles. The van der Waals surface area contributed by atoms with E-state index in [0.29, 0.717) is 0 Å². The molecule has 0 saturated heterocycles. The van der Waals surface area contributed by atoms with Gasteiger partial charge in [0.2, 0.25) is 0 Å². The second kappa shape index (κ2) is 5.14. The molecule has 2 aromatic rings. The Hall–Kier alpha value is -2.29. The summed E-state index contributed by atoms with van der Waals surface area (Å²) in [5.74, 6) is 1.55. The Morgan fingerprint density at radius 3 is 1.84 bits per heavy atom. The zero-order valence-electron chi connectivity index (χ0n) is 10.5. The monoisotopic (exact) mass is 254 g/mol. The summed E-state index contributed by atoms with van der Waals surface area (Å²) in [7, 11) is 0. The van der Waals surface area contributed by atoms with Gasteiger partial charge in [-0.05, 0) is 55.7 Å². The van der Waals surface area contributed by atoms with E-state index < -0.39 is 0 Å². The summed E-state index contributed by atoms with van der Waals surface area (Å²) in [4.78, 5) is 12.4. The predicted molar refractivity (Wildman–Crippen MR) is 72.2 cm³/mol. The molecule has 1 aliphatic rings. The number of furan rings is 2. The van der Waals surface area contributed by atoms with Crippen molar-refractivity contribution in [1.29, 1.82) is 0 Å². The largest absolute Gasteiger partial charge is 0.465 e. The average molecular weight is 254 g/mol. The molecule has 3 nitrogen and oxygen atoms in total. The molecule has 0 bridgehead atoms. The first-order valence-electron chi connectivity index (χ1n) is 6.36. The smallest absolute Gasteiger partial charge is 0.185 e. The Bertz CT molecular complexity index is 559. The van der Waals surface area contributed by atoms with Crippen molar-refractivity contribution >= 4 is 17.9 Å². The summed E-state index contributed by atoms with van der Waals surface area (Å²) in [6, 6.07) is 7.34. The van der Waals surface area contributed by atoms with Gasteiger partial charge in [0.1, 0.15) is 11.5 Å². The van der Waals surface area contributed by atoms with Gasteiger partial charge in [0.15, 0.2) is 5.78 Å². The predicted octanol–water partition coefficient (Wildman–Crippen LogP) is 4.09. The fourth-order valence-electron chi connectivity index (χ4n) is 2.27. The zero-order valence-corrected chi connectivity index (χ0v) is 10.5. The number of carbonyl (C=O) groups is 1. The Morgan fingerprint density at radius 1 is 0.895 bits per heavy atom. The lowest BCUT2D eigenvalue weighted by Crippen LogP contribution is -2.12. The van der Waals surface area contributed by atoms with E-state index in [2.05, 4.69) is 0 Å². The number of allylic oxidation sites excluding steroid dienone is 2. The lowest BCUT2D eigenvalue weighted by molar-refractivity contribution is -0.112. The van der Waals surface area contributed by atoms with E-state index in [4.69, 9.17) is 8.83 Å². The molecule has 19 heavy (non-hydrogen) atoms. The number of Topliss-reactive ketones (excluding diaryl/α,β-unsaturated/α-hetero) is 1. The molecule has 3 rings (SSSR count). The highest BCUT2D eigenvalue weighted by Crippen LogP contribution is 2.28. The van der Waals surface area contributed by atoms with Crippen LogP contribution >= 0.6 is 0 Å². The van der Waals surface area contributed by atoms with Crippen LogP contribution in [-0.2, 0) is 4.79 Å². The third-order valence-electron chi connectivity index (χ3n) is 3.19. The SMILES string of the molecule is O=C1C(=Cc2ccco2)CCC/C1=C\c1ccco1. The van der Waals surface area contributed by atoms with E-state index in [-0.39, 0.29) is 5.78 Å². The summed E-state index contributed by atoms with van der Waals surface area (Å²) in [6.07, 6.45) is 9.46. The van der Waals surface area contributed by atoms with E-state index in [9.17, 15) is 4.79 Å². The van der Waals surface area contributed by atoms with Gasteiger partial charge in [0, 0.05) is 11.1 Å². The minimum Gasteiger partial charge on any atom is -0.465 e. The first-order valence-corrected chi connectivity index (χ1v) is 6.36. The molecule has 0 aliphatic heterocycles. The molecule has 96 valence electrons. The van der Waals surface area contributed by atoms with Crippen LogP contribution < -0.4 is 0 Å². The van der Waals surface area contributed by atoms with Crippen molar-refractivity contribution in [2.75, 3.05) is 0 Å². The first kappa shape index (κ1) is 11.8. The molecule has 0 radical (unpaired) electrons. The van der Waals surface area contributed by atoms with Crippen molar-refractivity contribution in [1.82, 2.24) is 0 Å². The molecular weight excluding hydrogens is 240 g/mol. The maximum absolute atomic E-state index is 12.4. The van der Waals surface area contributed by atoms with Crippen LogP contribution in [0, 0.1) is 0 Å². The molecule has 1 aliphatic carbocycles. The third kappa shape index (κ3) is 2.60. The second-order valence-electron chi connectivity index (χ2n) is 4.55. The topological polar surface area (TPSA) is 43.4 Å². The van der Waals surface area contributed by atoms with Crippen molar-refractivity contribution in [3.63, 3.8) is 0 Å². The fraction of sp³-hybridized carbons (Fsp3) is 0.188. The molecule has 1 fully saturated rings. The number of hydrogen-bond donors (Lipinski definition) is 0. The van der Waals surface area contributed by atoms with E-state index >= 15 is 0 Å². The van der Waals surface area contributed by atoms with Gasteiger partial charge in [0.25, 0.3) is 0 Å². The molecular formula is C16H14O3. The Labute approximate surface area is 111 Å². The van der Waals surface area contributed by atoms with Crippen molar-refractivity contribution in [3.8, 4) is 0 Å². The van der Waals surface area contributed by atoms with Gasteiger partial charge < -0.3 is 8.83 Å². The summed E-state index contributed by atoms with van der Waals surface area (Å²) in [5.41, 5.74) is 1.61. The molecule has 0 spiro atoms. The number of ketones is 1. The number of rotatable bonds is 2. The van der Waals surface area contributed by atoms with Crippen molar-refractivity contribution in [2.45, 2.75) is 19.3 Å². The van der Waals surface area contributed by atoms with E-state index in [1.54, 1.807) is 12.5 Å². The molecule has 0 amide bonds. The molecule has 2 aromatic heterocycles. The highest BCUT2D eigenvalue weighted by atomic mass is 16.3. The van der Waals surface area contributed by atoms with Crippen LogP contribution in [0.5, 0.6) is 0 Å². The average Bonchev–Trinajstić information content (AvgIpc) is 3.07. The van der Waals surface area contributed by atoms with Gasteiger partial charge in [-0.25, -0.2) is 0 Å². The van der Waals surface area contributed by atoms with Gasteiger partial charge in [-0.2, -0.15) is 0 Å². The normalized spacial score (nSPS) is 20.3. The minimum atomic E-state index is 0.0963. The summed E-state index contributed by atoms with van der Waals surface area (Å²) >= 11 is 0. The van der Waals surface area contributed by atoms with Gasteiger partial charge in [-0.3, -0.25) is 4.79 Å². The Kier molecular flexibility index (Phi) is 3.19. The summed E-state index contributed by atoms with van der Waals surface area (Å²) < 4.78 is 10.5.